The van der Waals surface area contributed by atoms with Crippen molar-refractivity contribution < 1.29 is 13.2 Å². The Morgan fingerprint density at radius 2 is 1.95 bits per heavy atom. The van der Waals surface area contributed by atoms with E-state index in [9.17, 15) is 13.2 Å². The van der Waals surface area contributed by atoms with E-state index >= 15 is 0 Å². The summed E-state index contributed by atoms with van der Waals surface area (Å²) in [6.07, 6.45) is 3.10. The van der Waals surface area contributed by atoms with Crippen molar-refractivity contribution in [2.24, 2.45) is 0 Å². The molecule has 106 valence electrons. The first-order chi connectivity index (χ1) is 8.77. The number of benzene rings is 1. The van der Waals surface area contributed by atoms with Gasteiger partial charge in [-0.2, -0.15) is 0 Å². The maximum atomic E-state index is 12.3. The quantitative estimate of drug-likeness (QED) is 0.833. The van der Waals surface area contributed by atoms with E-state index in [1.807, 2.05) is 6.92 Å². The number of hydrogen-bond donors (Lipinski definition) is 0. The molecule has 19 heavy (non-hydrogen) atoms. The molecule has 0 atom stereocenters. The molecule has 4 nitrogen and oxygen atoms in total. The van der Waals surface area contributed by atoms with Gasteiger partial charge in [-0.1, -0.05) is 19.4 Å². The number of sulfone groups is 1. The first-order valence-corrected chi connectivity index (χ1v) is 8.22. The first-order valence-electron chi connectivity index (χ1n) is 6.33. The third-order valence-electron chi connectivity index (χ3n) is 3.06. The van der Waals surface area contributed by atoms with Gasteiger partial charge in [0.25, 0.3) is 5.91 Å². The zero-order valence-corrected chi connectivity index (χ0v) is 12.8. The average molecular weight is 283 g/mol. The molecule has 1 rings (SSSR count). The summed E-state index contributed by atoms with van der Waals surface area (Å²) in [6, 6.07) is 4.68. The third kappa shape index (κ3) is 4.06. The highest BCUT2D eigenvalue weighted by molar-refractivity contribution is 7.90. The molecule has 0 aliphatic heterocycles. The number of nitrogens with zero attached hydrogens (tertiary/aromatic N) is 1. The minimum atomic E-state index is -3.29. The molecule has 0 bridgehead atoms. The highest BCUT2D eigenvalue weighted by atomic mass is 32.2. The summed E-state index contributed by atoms with van der Waals surface area (Å²) in [6.45, 7) is 4.55. The molecular formula is C14H21NO3S. The molecule has 0 saturated carbocycles. The summed E-state index contributed by atoms with van der Waals surface area (Å²) in [4.78, 5) is 14.1. The summed E-state index contributed by atoms with van der Waals surface area (Å²) in [5.41, 5.74) is 1.25. The number of rotatable bonds is 5. The van der Waals surface area contributed by atoms with Crippen molar-refractivity contribution in [2.75, 3.05) is 19.8 Å². The van der Waals surface area contributed by atoms with Gasteiger partial charge in [0.05, 0.1) is 4.90 Å². The Morgan fingerprint density at radius 1 is 1.32 bits per heavy atom. The Labute approximate surface area is 115 Å². The van der Waals surface area contributed by atoms with Crippen LogP contribution in [0.4, 0.5) is 0 Å². The number of carbonyl (C=O) groups excluding carboxylic acids is 1. The topological polar surface area (TPSA) is 54.5 Å². The molecule has 0 aromatic heterocycles. The van der Waals surface area contributed by atoms with Gasteiger partial charge in [0.15, 0.2) is 9.84 Å². The Morgan fingerprint density at radius 3 is 2.47 bits per heavy atom. The summed E-state index contributed by atoms with van der Waals surface area (Å²) in [7, 11) is -1.55. The number of hydrogen-bond acceptors (Lipinski definition) is 3. The minimum absolute atomic E-state index is 0.128. The summed E-state index contributed by atoms with van der Waals surface area (Å²) >= 11 is 0. The van der Waals surface area contributed by atoms with Crippen LogP contribution in [0, 0.1) is 6.92 Å². The van der Waals surface area contributed by atoms with Gasteiger partial charge in [-0.05, 0) is 31.0 Å². The number of aryl methyl sites for hydroxylation is 1. The van der Waals surface area contributed by atoms with E-state index in [-0.39, 0.29) is 10.8 Å². The van der Waals surface area contributed by atoms with Crippen LogP contribution in [0.25, 0.3) is 0 Å². The molecule has 0 radical (unpaired) electrons. The largest absolute Gasteiger partial charge is 0.342 e. The molecule has 0 heterocycles. The van der Waals surface area contributed by atoms with Gasteiger partial charge in [-0.3, -0.25) is 4.79 Å². The maximum absolute atomic E-state index is 12.3. The predicted octanol–water partition coefficient (Wildman–Crippen LogP) is 2.27. The summed E-state index contributed by atoms with van der Waals surface area (Å²) < 4.78 is 23.1. The smallest absolute Gasteiger partial charge is 0.253 e. The SMILES string of the molecule is CCCCN(C)C(=O)c1cc(S(C)(=O)=O)ccc1C. The van der Waals surface area contributed by atoms with Gasteiger partial charge in [0.2, 0.25) is 0 Å². The third-order valence-corrected chi connectivity index (χ3v) is 4.17. The highest BCUT2D eigenvalue weighted by Crippen LogP contribution is 2.17. The first kappa shape index (κ1) is 15.7. The molecule has 1 aromatic carbocycles. The van der Waals surface area contributed by atoms with Crippen molar-refractivity contribution in [3.8, 4) is 0 Å². The second kappa shape index (κ2) is 6.19. The van der Waals surface area contributed by atoms with Crippen LogP contribution in [0.3, 0.4) is 0 Å². The van der Waals surface area contributed by atoms with Gasteiger partial charge < -0.3 is 4.90 Å². The van der Waals surface area contributed by atoms with Crippen LogP contribution in [0.1, 0.15) is 35.7 Å². The fraction of sp³-hybridized carbons (Fsp3) is 0.500. The second-order valence-corrected chi connectivity index (χ2v) is 6.84. The minimum Gasteiger partial charge on any atom is -0.342 e. The fourth-order valence-corrected chi connectivity index (χ4v) is 2.41. The van der Waals surface area contributed by atoms with Crippen LogP contribution < -0.4 is 0 Å². The Kier molecular flexibility index (Phi) is 5.11. The Bertz CT molecular complexity index is 564. The van der Waals surface area contributed by atoms with Crippen LogP contribution in [0.15, 0.2) is 23.1 Å². The molecule has 1 amide bonds. The number of unbranched alkanes of at least 4 members (excludes halogenated alkanes) is 1. The molecule has 0 unspecified atom stereocenters. The van der Waals surface area contributed by atoms with Crippen molar-refractivity contribution >= 4 is 15.7 Å². The zero-order valence-electron chi connectivity index (χ0n) is 11.9. The highest BCUT2D eigenvalue weighted by Gasteiger charge is 2.17. The van der Waals surface area contributed by atoms with Gasteiger partial charge in [0.1, 0.15) is 0 Å². The molecule has 0 aliphatic rings. The second-order valence-electron chi connectivity index (χ2n) is 4.83. The Hall–Kier alpha value is -1.36. The van der Waals surface area contributed by atoms with Crippen LogP contribution >= 0.6 is 0 Å². The predicted molar refractivity (Wildman–Crippen MR) is 76.2 cm³/mol. The van der Waals surface area contributed by atoms with E-state index in [4.69, 9.17) is 0 Å². The molecule has 1 aromatic rings. The van der Waals surface area contributed by atoms with Crippen molar-refractivity contribution in [3.63, 3.8) is 0 Å². The lowest BCUT2D eigenvalue weighted by Gasteiger charge is -2.18. The molecule has 0 aliphatic carbocycles. The van der Waals surface area contributed by atoms with Gasteiger partial charge in [-0.15, -0.1) is 0 Å². The van der Waals surface area contributed by atoms with Gasteiger partial charge >= 0.3 is 0 Å². The normalized spacial score (nSPS) is 11.4. The zero-order chi connectivity index (χ0) is 14.6. The van der Waals surface area contributed by atoms with Crippen LogP contribution in [-0.2, 0) is 9.84 Å². The molecule has 0 spiro atoms. The van der Waals surface area contributed by atoms with Crippen LogP contribution in [0.5, 0.6) is 0 Å². The van der Waals surface area contributed by atoms with Crippen LogP contribution in [0.2, 0.25) is 0 Å². The monoisotopic (exact) mass is 283 g/mol. The molecule has 0 saturated heterocycles. The van der Waals surface area contributed by atoms with Crippen molar-refractivity contribution in [1.29, 1.82) is 0 Å². The van der Waals surface area contributed by atoms with E-state index in [2.05, 4.69) is 6.92 Å². The lowest BCUT2D eigenvalue weighted by molar-refractivity contribution is 0.0792. The number of carbonyl (C=O) groups is 1. The average Bonchev–Trinajstić information content (AvgIpc) is 2.34. The van der Waals surface area contributed by atoms with E-state index in [0.717, 1.165) is 24.7 Å². The summed E-state index contributed by atoms with van der Waals surface area (Å²) in [5.74, 6) is -0.128. The molecule has 0 fully saturated rings. The summed E-state index contributed by atoms with van der Waals surface area (Å²) in [5, 5.41) is 0. The van der Waals surface area contributed by atoms with Crippen molar-refractivity contribution in [3.05, 3.63) is 29.3 Å². The van der Waals surface area contributed by atoms with Crippen molar-refractivity contribution in [1.82, 2.24) is 4.90 Å². The van der Waals surface area contributed by atoms with E-state index in [1.165, 1.54) is 12.1 Å². The van der Waals surface area contributed by atoms with E-state index < -0.39 is 9.84 Å². The molecular weight excluding hydrogens is 262 g/mol. The number of amides is 1. The van der Waals surface area contributed by atoms with Crippen molar-refractivity contribution in [2.45, 2.75) is 31.6 Å². The van der Waals surface area contributed by atoms with Crippen LogP contribution in [-0.4, -0.2) is 39.1 Å². The van der Waals surface area contributed by atoms with E-state index in [1.54, 1.807) is 18.0 Å². The van der Waals surface area contributed by atoms with E-state index in [0.29, 0.717) is 12.1 Å². The standard InChI is InChI=1S/C14H21NO3S/c1-5-6-9-15(3)14(16)13-10-12(19(4,17)18)8-7-11(13)2/h7-8,10H,5-6,9H2,1-4H3. The van der Waals surface area contributed by atoms with Gasteiger partial charge in [0, 0.05) is 25.4 Å². The Balaban J connectivity index is 3.09. The molecule has 5 heteroatoms. The lowest BCUT2D eigenvalue weighted by atomic mass is 10.1. The van der Waals surface area contributed by atoms with Gasteiger partial charge in [-0.25, -0.2) is 8.42 Å². The fourth-order valence-electron chi connectivity index (χ4n) is 1.76. The lowest BCUT2D eigenvalue weighted by Crippen LogP contribution is -2.28. The molecule has 0 N–H and O–H groups in total. The maximum Gasteiger partial charge on any atom is 0.253 e.